The molecule has 12 nitrogen and oxygen atoms in total. The summed E-state index contributed by atoms with van der Waals surface area (Å²) in [5.74, 6) is -4.61. The van der Waals surface area contributed by atoms with Crippen LogP contribution in [0.25, 0.3) is 0 Å². The van der Waals surface area contributed by atoms with E-state index < -0.39 is 56.4 Å². The fourth-order valence-corrected chi connectivity index (χ4v) is 6.20. The standard InChI is InChI=1S/C32H33F2N4O8P/c1-22(29(39)43-20-24-13-7-3-8-14-24)37-47(41,46-25-15-9-4-10-16-25)44-21-26-28(42-19-23-11-5-2-6-12-23)32(33,34)30(45-26)38-18-17-27(35)36-31(38)40/h2-18,22,26,28,30H,19-21H2,1H3,(H,37,41)(H2,35,36,40)/t22-,26+,28+,30+,47+/m0/s1. The molecule has 1 aliphatic heterocycles. The highest BCUT2D eigenvalue weighted by Crippen LogP contribution is 2.49. The van der Waals surface area contributed by atoms with E-state index in [9.17, 15) is 14.2 Å². The van der Waals surface area contributed by atoms with Gasteiger partial charge in [-0.25, -0.2) is 9.36 Å². The van der Waals surface area contributed by atoms with E-state index in [1.165, 1.54) is 25.1 Å². The fourth-order valence-electron chi connectivity index (χ4n) is 4.70. The number of ether oxygens (including phenoxy) is 3. The number of halogens is 2. The zero-order valence-corrected chi connectivity index (χ0v) is 26.1. The van der Waals surface area contributed by atoms with E-state index in [4.69, 9.17) is 29.0 Å². The van der Waals surface area contributed by atoms with Gasteiger partial charge in [0.05, 0.1) is 13.2 Å². The maximum absolute atomic E-state index is 16.0. The molecule has 5 rings (SSSR count). The molecule has 2 heterocycles. The van der Waals surface area contributed by atoms with Gasteiger partial charge in [0, 0.05) is 6.20 Å². The van der Waals surface area contributed by atoms with Gasteiger partial charge >= 0.3 is 25.3 Å². The van der Waals surface area contributed by atoms with E-state index in [0.29, 0.717) is 10.1 Å². The lowest BCUT2D eigenvalue weighted by molar-refractivity contribution is -0.157. The molecule has 0 unspecified atom stereocenters. The van der Waals surface area contributed by atoms with E-state index in [-0.39, 0.29) is 24.8 Å². The number of aromatic nitrogens is 2. The highest BCUT2D eigenvalue weighted by Gasteiger charge is 2.61. The lowest BCUT2D eigenvalue weighted by atomic mass is 10.1. The lowest BCUT2D eigenvalue weighted by Gasteiger charge is -2.26. The summed E-state index contributed by atoms with van der Waals surface area (Å²) >= 11 is 0. The first-order chi connectivity index (χ1) is 22.5. The number of alkyl halides is 2. The minimum absolute atomic E-state index is 0.0391. The molecule has 0 saturated carbocycles. The number of hydrogen-bond acceptors (Lipinski definition) is 10. The minimum Gasteiger partial charge on any atom is -0.460 e. The molecule has 1 aromatic heterocycles. The number of rotatable bonds is 14. The van der Waals surface area contributed by atoms with Crippen molar-refractivity contribution in [1.29, 1.82) is 0 Å². The quantitative estimate of drug-likeness (QED) is 0.140. The normalized spacial score (nSPS) is 20.6. The molecule has 4 aromatic rings. The highest BCUT2D eigenvalue weighted by atomic mass is 31.2. The summed E-state index contributed by atoms with van der Waals surface area (Å²) in [5.41, 5.74) is 5.81. The van der Waals surface area contributed by atoms with Crippen LogP contribution >= 0.6 is 7.75 Å². The topological polar surface area (TPSA) is 153 Å². The molecule has 1 saturated heterocycles. The molecule has 47 heavy (non-hydrogen) atoms. The third kappa shape index (κ3) is 8.67. The Kier molecular flexibility index (Phi) is 10.8. The van der Waals surface area contributed by atoms with Crippen molar-refractivity contribution in [2.45, 2.75) is 50.5 Å². The van der Waals surface area contributed by atoms with Gasteiger partial charge < -0.3 is 24.5 Å². The first-order valence-corrected chi connectivity index (χ1v) is 16.1. The van der Waals surface area contributed by atoms with Crippen LogP contribution in [0.15, 0.2) is 108 Å². The molecule has 0 bridgehead atoms. The van der Waals surface area contributed by atoms with Gasteiger partial charge in [-0.2, -0.15) is 18.9 Å². The van der Waals surface area contributed by atoms with E-state index in [0.717, 1.165) is 11.8 Å². The third-order valence-electron chi connectivity index (χ3n) is 7.03. The number of hydrogen-bond donors (Lipinski definition) is 2. The number of nitrogens with one attached hydrogen (secondary N) is 1. The molecule has 0 spiro atoms. The summed E-state index contributed by atoms with van der Waals surface area (Å²) in [6, 6.07) is 25.4. The van der Waals surface area contributed by atoms with Gasteiger partial charge in [0.15, 0.2) is 6.10 Å². The van der Waals surface area contributed by atoms with Crippen LogP contribution < -0.4 is 21.0 Å². The SMILES string of the molecule is C[C@H](N[P@@](=O)(OC[C@H]1O[C@@H](n2ccc(N)nc2=O)C(F)(F)[C@@H]1OCc1ccccc1)Oc1ccccc1)C(=O)OCc1ccccc1. The Labute approximate surface area is 269 Å². The Balaban J connectivity index is 1.36. The summed E-state index contributed by atoms with van der Waals surface area (Å²) in [4.78, 5) is 28.9. The van der Waals surface area contributed by atoms with Crippen LogP contribution in [0.1, 0.15) is 24.3 Å². The fraction of sp³-hybridized carbons (Fsp3) is 0.281. The number of anilines is 1. The summed E-state index contributed by atoms with van der Waals surface area (Å²) in [7, 11) is -4.48. The van der Waals surface area contributed by atoms with Crippen molar-refractivity contribution in [3.8, 4) is 5.75 Å². The predicted molar refractivity (Wildman–Crippen MR) is 166 cm³/mol. The van der Waals surface area contributed by atoms with Gasteiger partial charge in [-0.15, -0.1) is 0 Å². The Morgan fingerprint density at radius 3 is 2.21 bits per heavy atom. The zero-order chi connectivity index (χ0) is 33.4. The van der Waals surface area contributed by atoms with Crippen LogP contribution in [0.2, 0.25) is 0 Å². The second kappa shape index (κ2) is 15.0. The number of para-hydroxylation sites is 1. The third-order valence-corrected chi connectivity index (χ3v) is 8.68. The van der Waals surface area contributed by atoms with E-state index >= 15 is 8.78 Å². The van der Waals surface area contributed by atoms with E-state index in [2.05, 4.69) is 10.1 Å². The van der Waals surface area contributed by atoms with Crippen molar-refractivity contribution in [2.24, 2.45) is 0 Å². The van der Waals surface area contributed by atoms with Crippen molar-refractivity contribution in [1.82, 2.24) is 14.6 Å². The number of carbonyl (C=O) groups is 1. The summed E-state index contributed by atoms with van der Waals surface area (Å²) in [5, 5.41) is 2.53. The molecule has 1 fully saturated rings. The second-order valence-electron chi connectivity index (χ2n) is 10.6. The van der Waals surface area contributed by atoms with E-state index in [1.54, 1.807) is 72.8 Å². The van der Waals surface area contributed by atoms with Crippen LogP contribution in [-0.4, -0.2) is 46.3 Å². The molecular weight excluding hydrogens is 637 g/mol. The zero-order valence-electron chi connectivity index (χ0n) is 25.2. The Hall–Kier alpha value is -4.46. The molecular formula is C32H33F2N4O8P. The number of carbonyl (C=O) groups excluding carboxylic acids is 1. The van der Waals surface area contributed by atoms with Crippen molar-refractivity contribution in [2.75, 3.05) is 12.3 Å². The molecule has 1 aliphatic rings. The van der Waals surface area contributed by atoms with Gasteiger partial charge in [-0.1, -0.05) is 78.9 Å². The molecule has 3 aromatic carbocycles. The Bertz CT molecular complexity index is 1730. The Morgan fingerprint density at radius 2 is 1.60 bits per heavy atom. The highest BCUT2D eigenvalue weighted by molar-refractivity contribution is 7.52. The average molecular weight is 671 g/mol. The number of esters is 1. The van der Waals surface area contributed by atoms with Gasteiger partial charge in [0.25, 0.3) is 0 Å². The van der Waals surface area contributed by atoms with Crippen molar-refractivity contribution >= 4 is 19.5 Å². The van der Waals surface area contributed by atoms with Crippen LogP contribution in [-0.2, 0) is 41.3 Å². The number of benzene rings is 3. The lowest BCUT2D eigenvalue weighted by Crippen LogP contribution is -2.43. The van der Waals surface area contributed by atoms with Gasteiger partial charge in [0.2, 0.25) is 6.23 Å². The maximum atomic E-state index is 16.0. The number of nitrogen functional groups attached to an aromatic ring is 1. The molecule has 15 heteroatoms. The number of nitrogens with two attached hydrogens (primary N) is 1. The van der Waals surface area contributed by atoms with Crippen LogP contribution in [0, 0.1) is 0 Å². The van der Waals surface area contributed by atoms with Crippen molar-refractivity contribution in [3.05, 3.63) is 125 Å². The second-order valence-corrected chi connectivity index (χ2v) is 12.3. The van der Waals surface area contributed by atoms with Crippen LogP contribution in [0.3, 0.4) is 0 Å². The molecule has 0 amide bonds. The number of nitrogens with zero attached hydrogens (tertiary/aromatic N) is 2. The van der Waals surface area contributed by atoms with Gasteiger partial charge in [-0.3, -0.25) is 13.9 Å². The van der Waals surface area contributed by atoms with E-state index in [1.807, 2.05) is 6.07 Å². The monoisotopic (exact) mass is 670 g/mol. The van der Waals surface area contributed by atoms with Gasteiger partial charge in [-0.05, 0) is 36.2 Å². The van der Waals surface area contributed by atoms with Gasteiger partial charge in [0.1, 0.15) is 30.3 Å². The predicted octanol–water partition coefficient (Wildman–Crippen LogP) is 4.87. The van der Waals surface area contributed by atoms with Crippen LogP contribution in [0.4, 0.5) is 14.6 Å². The molecule has 3 N–H and O–H groups in total. The smallest absolute Gasteiger partial charge is 0.459 e. The first kappa shape index (κ1) is 33.9. The summed E-state index contributed by atoms with van der Waals surface area (Å²) < 4.78 is 74.7. The van der Waals surface area contributed by atoms with Crippen LogP contribution in [0.5, 0.6) is 5.75 Å². The molecule has 248 valence electrons. The summed E-state index contributed by atoms with van der Waals surface area (Å²) in [6.07, 6.45) is -4.67. The average Bonchev–Trinajstić information content (AvgIpc) is 3.31. The molecule has 5 atom stereocenters. The van der Waals surface area contributed by atoms with Crippen molar-refractivity contribution < 1.29 is 41.4 Å². The van der Waals surface area contributed by atoms with Crippen molar-refractivity contribution in [3.63, 3.8) is 0 Å². The Morgan fingerprint density at radius 1 is 1.00 bits per heavy atom. The first-order valence-electron chi connectivity index (χ1n) is 14.5. The molecule has 0 aliphatic carbocycles. The molecule has 0 radical (unpaired) electrons. The maximum Gasteiger partial charge on any atom is 0.459 e. The largest absolute Gasteiger partial charge is 0.460 e. The minimum atomic E-state index is -4.48. The summed E-state index contributed by atoms with van der Waals surface area (Å²) in [6.45, 7) is 0.359.